The summed E-state index contributed by atoms with van der Waals surface area (Å²) in [7, 11) is 1.23. The molecule has 210 valence electrons. The van der Waals surface area contributed by atoms with Gasteiger partial charge in [0.05, 0.1) is 31.2 Å². The second kappa shape index (κ2) is 11.5. The van der Waals surface area contributed by atoms with Gasteiger partial charge in [0.25, 0.3) is 5.91 Å². The maximum atomic E-state index is 16.7. The zero-order valence-corrected chi connectivity index (χ0v) is 21.7. The lowest BCUT2D eigenvalue weighted by atomic mass is 9.88. The number of esters is 2. The minimum atomic E-state index is -4.80. The summed E-state index contributed by atoms with van der Waals surface area (Å²) in [5, 5.41) is 0.0538. The van der Waals surface area contributed by atoms with Gasteiger partial charge in [0.1, 0.15) is 12.4 Å². The highest BCUT2D eigenvalue weighted by molar-refractivity contribution is 6.30. The van der Waals surface area contributed by atoms with E-state index in [1.165, 1.54) is 19.2 Å². The number of alkyl halides is 4. The zero-order valence-electron chi connectivity index (χ0n) is 21.0. The van der Waals surface area contributed by atoms with Crippen molar-refractivity contribution in [3.63, 3.8) is 0 Å². The molecule has 1 atom stereocenters. The molecule has 0 saturated heterocycles. The van der Waals surface area contributed by atoms with Crippen molar-refractivity contribution in [1.82, 2.24) is 0 Å². The van der Waals surface area contributed by atoms with E-state index in [1.54, 1.807) is 30.3 Å². The highest BCUT2D eigenvalue weighted by Crippen LogP contribution is 2.51. The van der Waals surface area contributed by atoms with Crippen LogP contribution in [0.4, 0.5) is 23.2 Å². The van der Waals surface area contributed by atoms with Crippen LogP contribution in [-0.2, 0) is 42.3 Å². The fourth-order valence-corrected chi connectivity index (χ4v) is 4.37. The van der Waals surface area contributed by atoms with Crippen molar-refractivity contribution in [1.29, 1.82) is 0 Å². The van der Waals surface area contributed by atoms with Crippen LogP contribution in [0.3, 0.4) is 0 Å². The average molecular weight is 580 g/mol. The van der Waals surface area contributed by atoms with Gasteiger partial charge in [0, 0.05) is 16.1 Å². The van der Waals surface area contributed by atoms with Gasteiger partial charge in [-0.2, -0.15) is 13.2 Å². The first-order valence-corrected chi connectivity index (χ1v) is 12.2. The summed E-state index contributed by atoms with van der Waals surface area (Å²) in [6.45, 7) is -0.902. The molecule has 0 spiro atoms. The van der Waals surface area contributed by atoms with Crippen molar-refractivity contribution in [3.8, 4) is 5.75 Å². The first-order chi connectivity index (χ1) is 18.9. The maximum Gasteiger partial charge on any atom is 0.416 e. The lowest BCUT2D eigenvalue weighted by Gasteiger charge is -2.23. The van der Waals surface area contributed by atoms with Gasteiger partial charge in [-0.3, -0.25) is 19.3 Å². The van der Waals surface area contributed by atoms with Crippen LogP contribution < -0.4 is 9.64 Å². The first-order valence-electron chi connectivity index (χ1n) is 11.9. The summed E-state index contributed by atoms with van der Waals surface area (Å²) >= 11 is 6.03. The van der Waals surface area contributed by atoms with E-state index in [-0.39, 0.29) is 29.4 Å². The van der Waals surface area contributed by atoms with Crippen molar-refractivity contribution < 1.29 is 46.2 Å². The minimum Gasteiger partial charge on any atom is -0.496 e. The molecule has 0 bridgehead atoms. The Morgan fingerprint density at radius 1 is 0.925 bits per heavy atom. The van der Waals surface area contributed by atoms with E-state index in [9.17, 15) is 27.6 Å². The highest BCUT2D eigenvalue weighted by atomic mass is 35.5. The van der Waals surface area contributed by atoms with Crippen LogP contribution in [-0.4, -0.2) is 31.7 Å². The summed E-state index contributed by atoms with van der Waals surface area (Å²) in [6, 6.07) is 14.8. The molecule has 3 aromatic rings. The largest absolute Gasteiger partial charge is 0.496 e. The fourth-order valence-electron chi connectivity index (χ4n) is 4.19. The second-order valence-corrected chi connectivity index (χ2v) is 9.19. The third-order valence-electron chi connectivity index (χ3n) is 6.19. The molecule has 4 rings (SSSR count). The van der Waals surface area contributed by atoms with Crippen LogP contribution in [0.1, 0.15) is 35.1 Å². The highest BCUT2D eigenvalue weighted by Gasteiger charge is 2.55. The minimum absolute atomic E-state index is 0.000864. The number of hydrogen-bond acceptors (Lipinski definition) is 6. The molecule has 0 fully saturated rings. The van der Waals surface area contributed by atoms with Crippen molar-refractivity contribution >= 4 is 35.1 Å². The number of ether oxygens (including phenoxy) is 3. The van der Waals surface area contributed by atoms with Crippen LogP contribution in [0, 0.1) is 0 Å². The number of hydrogen-bond donors (Lipinski definition) is 0. The molecular formula is C28H22ClF4NO6. The molecular weight excluding hydrogens is 558 g/mol. The summed E-state index contributed by atoms with van der Waals surface area (Å²) in [5.41, 5.74) is -4.58. The number of carbonyl (C=O) groups excluding carboxylic acids is 3. The van der Waals surface area contributed by atoms with Crippen LogP contribution in [0.25, 0.3) is 0 Å². The molecule has 12 heteroatoms. The Morgan fingerprint density at radius 3 is 2.25 bits per heavy atom. The molecule has 7 nitrogen and oxygen atoms in total. The average Bonchev–Trinajstić information content (AvgIpc) is 3.15. The lowest BCUT2D eigenvalue weighted by molar-refractivity contribution is -0.151. The normalized spacial score (nSPS) is 16.4. The van der Waals surface area contributed by atoms with Crippen LogP contribution >= 0.6 is 11.6 Å². The number of rotatable bonds is 9. The standard InChI is InChI=1S/C28H22ClF4NO6/c1-38-23-10-8-19(29)14-21(23)27(30)20-9-7-18(28(31,32)33)13-22(20)34(26(27)37)16-40-25(36)12-11-24(35)39-15-17-5-3-2-4-6-17/h2-10,13-14H,11-12,15-16H2,1H3/t27-/m0/s1. The third-order valence-corrected chi connectivity index (χ3v) is 6.43. The number of halogens is 5. The molecule has 40 heavy (non-hydrogen) atoms. The molecule has 0 aromatic heterocycles. The summed E-state index contributed by atoms with van der Waals surface area (Å²) in [4.78, 5) is 38.3. The summed E-state index contributed by atoms with van der Waals surface area (Å²) in [5.74, 6) is -3.01. The molecule has 1 aliphatic heterocycles. The van der Waals surface area contributed by atoms with Gasteiger partial charge in [-0.1, -0.05) is 48.0 Å². The van der Waals surface area contributed by atoms with Gasteiger partial charge in [0.15, 0.2) is 6.73 Å². The van der Waals surface area contributed by atoms with Crippen molar-refractivity contribution in [2.75, 3.05) is 18.7 Å². The van der Waals surface area contributed by atoms with Crippen molar-refractivity contribution in [3.05, 3.63) is 94.0 Å². The monoisotopic (exact) mass is 579 g/mol. The number of nitrogens with zero attached hydrogens (tertiary/aromatic N) is 1. The number of fused-ring (bicyclic) bond motifs is 1. The predicted octanol–water partition coefficient (Wildman–Crippen LogP) is 5.95. The second-order valence-electron chi connectivity index (χ2n) is 8.76. The smallest absolute Gasteiger partial charge is 0.416 e. The molecule has 0 saturated carbocycles. The van der Waals surface area contributed by atoms with Gasteiger partial charge in [-0.25, -0.2) is 4.39 Å². The fraction of sp³-hybridized carbons (Fsp3) is 0.250. The van der Waals surface area contributed by atoms with Gasteiger partial charge < -0.3 is 14.2 Å². The number of benzene rings is 3. The number of methoxy groups -OCH3 is 1. The predicted molar refractivity (Wildman–Crippen MR) is 135 cm³/mol. The molecule has 0 N–H and O–H groups in total. The van der Waals surface area contributed by atoms with E-state index in [1.807, 2.05) is 0 Å². The molecule has 3 aromatic carbocycles. The Bertz CT molecular complexity index is 1430. The van der Waals surface area contributed by atoms with Gasteiger partial charge in [-0.05, 0) is 35.9 Å². The third kappa shape index (κ3) is 5.89. The van der Waals surface area contributed by atoms with Gasteiger partial charge in [0.2, 0.25) is 5.67 Å². The molecule has 1 aliphatic rings. The van der Waals surface area contributed by atoms with Crippen LogP contribution in [0.5, 0.6) is 5.75 Å². The Labute approximate surface area is 231 Å². The summed E-state index contributed by atoms with van der Waals surface area (Å²) < 4.78 is 72.4. The number of amides is 1. The Balaban J connectivity index is 1.52. The van der Waals surface area contributed by atoms with E-state index in [2.05, 4.69) is 0 Å². The maximum absolute atomic E-state index is 16.7. The molecule has 1 amide bonds. The van der Waals surface area contributed by atoms with E-state index in [0.717, 1.165) is 17.7 Å². The Hall–Kier alpha value is -4.12. The Morgan fingerprint density at radius 2 is 1.60 bits per heavy atom. The van der Waals surface area contributed by atoms with Crippen LogP contribution in [0.2, 0.25) is 5.02 Å². The molecule has 0 unspecified atom stereocenters. The Kier molecular flexibility index (Phi) is 8.34. The quantitative estimate of drug-likeness (QED) is 0.230. The first kappa shape index (κ1) is 28.9. The molecule has 1 heterocycles. The SMILES string of the molecule is COc1ccc(Cl)cc1[C@]1(F)C(=O)N(COC(=O)CCC(=O)OCc2ccccc2)c2cc(C(F)(F)F)ccc21. The molecule has 0 radical (unpaired) electrons. The number of anilines is 1. The summed E-state index contributed by atoms with van der Waals surface area (Å²) in [6.07, 6.45) is -5.58. The van der Waals surface area contributed by atoms with Crippen LogP contribution in [0.15, 0.2) is 66.7 Å². The zero-order chi connectivity index (χ0) is 29.1. The van der Waals surface area contributed by atoms with E-state index in [4.69, 9.17) is 25.8 Å². The van der Waals surface area contributed by atoms with E-state index < -0.39 is 59.7 Å². The van der Waals surface area contributed by atoms with E-state index >= 15 is 4.39 Å². The lowest BCUT2D eigenvalue weighted by Crippen LogP contribution is -2.40. The number of carbonyl (C=O) groups is 3. The van der Waals surface area contributed by atoms with Gasteiger partial charge >= 0.3 is 18.1 Å². The van der Waals surface area contributed by atoms with Crippen molar-refractivity contribution in [2.45, 2.75) is 31.3 Å². The van der Waals surface area contributed by atoms with Crippen molar-refractivity contribution in [2.24, 2.45) is 0 Å². The molecule has 0 aliphatic carbocycles. The van der Waals surface area contributed by atoms with E-state index in [0.29, 0.717) is 17.0 Å². The topological polar surface area (TPSA) is 82.1 Å². The van der Waals surface area contributed by atoms with Gasteiger partial charge in [-0.15, -0.1) is 0 Å².